The van der Waals surface area contributed by atoms with Gasteiger partial charge in [0.15, 0.2) is 0 Å². The maximum absolute atomic E-state index is 12.4. The number of hydrogen-bond donors (Lipinski definition) is 1. The number of carbonyl (C=O) groups is 1. The molecule has 1 amide bonds. The molecule has 7 heteroatoms. The fraction of sp³-hybridized carbons (Fsp3) is 0.562. The van der Waals surface area contributed by atoms with Crippen LogP contribution in [0.4, 0.5) is 5.69 Å². The number of nitrogens with zero attached hydrogens (tertiary/aromatic N) is 2. The van der Waals surface area contributed by atoms with Gasteiger partial charge in [-0.2, -0.15) is 0 Å². The van der Waals surface area contributed by atoms with Gasteiger partial charge in [0, 0.05) is 34.8 Å². The molecule has 0 bridgehead atoms. The smallest absolute Gasteiger partial charge is 0.270 e. The Bertz CT molecular complexity index is 594. The average Bonchev–Trinajstić information content (AvgIpc) is 2.47. The molecule has 0 aliphatic carbocycles. The van der Waals surface area contributed by atoms with Crippen molar-refractivity contribution < 1.29 is 9.72 Å². The third kappa shape index (κ3) is 5.13. The van der Waals surface area contributed by atoms with Gasteiger partial charge in [0.25, 0.3) is 11.6 Å². The number of piperidine rings is 1. The van der Waals surface area contributed by atoms with Crippen LogP contribution in [0.15, 0.2) is 18.2 Å². The Morgan fingerprint density at radius 1 is 1.57 bits per heavy atom. The van der Waals surface area contributed by atoms with Crippen LogP contribution in [0.3, 0.4) is 0 Å². The van der Waals surface area contributed by atoms with E-state index in [9.17, 15) is 14.9 Å². The second kappa shape index (κ2) is 8.05. The standard InChI is InChI=1S/C16H22IN3O3/c1-11-4-3-7-19(9-11)10-12(2)18-16(21)14-8-13(20(22)23)5-6-15(14)17/h5-6,8,11-12H,3-4,7,9-10H2,1-2H3,(H,18,21). The van der Waals surface area contributed by atoms with Crippen molar-refractivity contribution in [3.05, 3.63) is 37.4 Å². The summed E-state index contributed by atoms with van der Waals surface area (Å²) in [5, 5.41) is 13.8. The number of non-ortho nitro benzene ring substituents is 1. The van der Waals surface area contributed by atoms with Crippen molar-refractivity contribution in [2.24, 2.45) is 5.92 Å². The fourth-order valence-corrected chi connectivity index (χ4v) is 3.57. The van der Waals surface area contributed by atoms with Crippen LogP contribution in [-0.4, -0.2) is 41.4 Å². The van der Waals surface area contributed by atoms with Gasteiger partial charge in [0.05, 0.1) is 10.5 Å². The first-order valence-electron chi connectivity index (χ1n) is 7.84. The molecule has 1 aromatic carbocycles. The second-order valence-electron chi connectivity index (χ2n) is 6.30. The van der Waals surface area contributed by atoms with E-state index in [1.54, 1.807) is 6.07 Å². The molecule has 1 aliphatic heterocycles. The number of nitrogens with one attached hydrogen (secondary N) is 1. The number of halogens is 1. The summed E-state index contributed by atoms with van der Waals surface area (Å²) in [7, 11) is 0. The van der Waals surface area contributed by atoms with Gasteiger partial charge in [-0.1, -0.05) is 6.92 Å². The molecule has 1 fully saturated rings. The quantitative estimate of drug-likeness (QED) is 0.442. The minimum atomic E-state index is -0.481. The van der Waals surface area contributed by atoms with E-state index in [-0.39, 0.29) is 17.6 Å². The average molecular weight is 431 g/mol. The molecule has 23 heavy (non-hydrogen) atoms. The molecular formula is C16H22IN3O3. The third-order valence-corrected chi connectivity index (χ3v) is 5.00. The lowest BCUT2D eigenvalue weighted by Gasteiger charge is -2.32. The molecule has 1 saturated heterocycles. The Labute approximate surface area is 149 Å². The Kier molecular flexibility index (Phi) is 6.34. The van der Waals surface area contributed by atoms with Crippen LogP contribution in [0, 0.1) is 19.6 Å². The highest BCUT2D eigenvalue weighted by molar-refractivity contribution is 14.1. The molecular weight excluding hydrogens is 409 g/mol. The lowest BCUT2D eigenvalue weighted by Crippen LogP contribution is -2.45. The van der Waals surface area contributed by atoms with E-state index in [2.05, 4.69) is 17.1 Å². The first-order chi connectivity index (χ1) is 10.9. The molecule has 126 valence electrons. The first-order valence-corrected chi connectivity index (χ1v) is 8.92. The first kappa shape index (κ1) is 18.1. The third-order valence-electron chi connectivity index (χ3n) is 4.06. The lowest BCUT2D eigenvalue weighted by molar-refractivity contribution is -0.384. The van der Waals surface area contributed by atoms with Crippen LogP contribution in [0.25, 0.3) is 0 Å². The zero-order valence-electron chi connectivity index (χ0n) is 13.4. The van der Waals surface area contributed by atoms with Crippen molar-refractivity contribution >= 4 is 34.2 Å². The lowest BCUT2D eigenvalue weighted by atomic mass is 10.00. The summed E-state index contributed by atoms with van der Waals surface area (Å²) in [6.07, 6.45) is 2.47. The van der Waals surface area contributed by atoms with Crippen LogP contribution < -0.4 is 5.32 Å². The molecule has 1 heterocycles. The van der Waals surface area contributed by atoms with Crippen molar-refractivity contribution in [3.63, 3.8) is 0 Å². The Morgan fingerprint density at radius 3 is 2.96 bits per heavy atom. The van der Waals surface area contributed by atoms with Crippen molar-refractivity contribution in [2.45, 2.75) is 32.7 Å². The topological polar surface area (TPSA) is 75.5 Å². The van der Waals surface area contributed by atoms with E-state index in [0.717, 1.165) is 19.6 Å². The van der Waals surface area contributed by atoms with Gasteiger partial charge in [-0.3, -0.25) is 14.9 Å². The Hall–Kier alpha value is -1.22. The Morgan fingerprint density at radius 2 is 2.30 bits per heavy atom. The minimum Gasteiger partial charge on any atom is -0.348 e. The van der Waals surface area contributed by atoms with E-state index in [4.69, 9.17) is 0 Å². The normalized spacial score (nSPS) is 20.0. The molecule has 1 aromatic rings. The molecule has 2 rings (SSSR count). The van der Waals surface area contributed by atoms with Crippen LogP contribution in [-0.2, 0) is 0 Å². The van der Waals surface area contributed by atoms with Gasteiger partial charge in [-0.25, -0.2) is 0 Å². The number of hydrogen-bond acceptors (Lipinski definition) is 4. The van der Waals surface area contributed by atoms with E-state index in [1.807, 2.05) is 29.5 Å². The van der Waals surface area contributed by atoms with Crippen molar-refractivity contribution in [1.82, 2.24) is 10.2 Å². The van der Waals surface area contributed by atoms with E-state index < -0.39 is 4.92 Å². The number of likely N-dealkylation sites (tertiary alicyclic amines) is 1. The molecule has 0 spiro atoms. The van der Waals surface area contributed by atoms with E-state index in [0.29, 0.717) is 15.1 Å². The summed E-state index contributed by atoms with van der Waals surface area (Å²) in [5.74, 6) is 0.444. The van der Waals surface area contributed by atoms with E-state index >= 15 is 0 Å². The zero-order chi connectivity index (χ0) is 17.0. The summed E-state index contributed by atoms with van der Waals surface area (Å²) >= 11 is 2.03. The molecule has 6 nitrogen and oxygen atoms in total. The molecule has 0 aromatic heterocycles. The van der Waals surface area contributed by atoms with Gasteiger partial charge in [-0.05, 0) is 60.9 Å². The highest BCUT2D eigenvalue weighted by Gasteiger charge is 2.21. The highest BCUT2D eigenvalue weighted by atomic mass is 127. The molecule has 0 saturated carbocycles. The maximum atomic E-state index is 12.4. The van der Waals surface area contributed by atoms with Crippen LogP contribution >= 0.6 is 22.6 Å². The van der Waals surface area contributed by atoms with Crippen molar-refractivity contribution in [1.29, 1.82) is 0 Å². The van der Waals surface area contributed by atoms with Crippen LogP contribution in [0.1, 0.15) is 37.0 Å². The Balaban J connectivity index is 1.98. The van der Waals surface area contributed by atoms with Gasteiger partial charge in [0.1, 0.15) is 0 Å². The van der Waals surface area contributed by atoms with Gasteiger partial charge in [-0.15, -0.1) is 0 Å². The molecule has 1 N–H and O–H groups in total. The minimum absolute atomic E-state index is 0.00265. The summed E-state index contributed by atoms with van der Waals surface area (Å²) in [4.78, 5) is 25.2. The number of benzene rings is 1. The molecule has 2 atom stereocenters. The zero-order valence-corrected chi connectivity index (χ0v) is 15.6. The fourth-order valence-electron chi connectivity index (χ4n) is 2.99. The predicted molar refractivity (Wildman–Crippen MR) is 97.6 cm³/mol. The number of amides is 1. The summed E-state index contributed by atoms with van der Waals surface area (Å²) in [6.45, 7) is 7.16. The number of nitro benzene ring substituents is 1. The van der Waals surface area contributed by atoms with Crippen LogP contribution in [0.5, 0.6) is 0 Å². The number of carbonyl (C=O) groups excluding carboxylic acids is 1. The summed E-state index contributed by atoms with van der Waals surface area (Å²) in [6, 6.07) is 4.36. The maximum Gasteiger partial charge on any atom is 0.270 e. The second-order valence-corrected chi connectivity index (χ2v) is 7.46. The van der Waals surface area contributed by atoms with E-state index in [1.165, 1.54) is 25.0 Å². The number of rotatable bonds is 5. The SMILES string of the molecule is CC1CCCN(CC(C)NC(=O)c2cc([N+](=O)[O-])ccc2I)C1. The number of nitro groups is 1. The highest BCUT2D eigenvalue weighted by Crippen LogP contribution is 2.20. The van der Waals surface area contributed by atoms with Crippen LogP contribution in [0.2, 0.25) is 0 Å². The van der Waals surface area contributed by atoms with Crippen molar-refractivity contribution in [2.75, 3.05) is 19.6 Å². The molecule has 0 radical (unpaired) electrons. The van der Waals surface area contributed by atoms with Gasteiger partial charge in [0.2, 0.25) is 0 Å². The monoisotopic (exact) mass is 431 g/mol. The predicted octanol–water partition coefficient (Wildman–Crippen LogP) is 3.05. The molecule has 2 unspecified atom stereocenters. The summed E-state index contributed by atoms with van der Waals surface area (Å²) in [5.41, 5.74) is 0.298. The van der Waals surface area contributed by atoms with Gasteiger partial charge < -0.3 is 10.2 Å². The summed E-state index contributed by atoms with van der Waals surface area (Å²) < 4.78 is 0.712. The van der Waals surface area contributed by atoms with Gasteiger partial charge >= 0.3 is 0 Å². The van der Waals surface area contributed by atoms with Crippen molar-refractivity contribution in [3.8, 4) is 0 Å². The largest absolute Gasteiger partial charge is 0.348 e. The molecule has 1 aliphatic rings.